The van der Waals surface area contributed by atoms with Gasteiger partial charge in [-0.1, -0.05) is 18.2 Å². The third kappa shape index (κ3) is 3.62. The maximum absolute atomic E-state index is 11.5. The Kier molecular flexibility index (Phi) is 5.23. The van der Waals surface area contributed by atoms with Gasteiger partial charge >= 0.3 is 5.97 Å². The lowest BCUT2D eigenvalue weighted by molar-refractivity contribution is -0.138. The molecule has 2 aromatic carbocycles. The molecule has 0 bridgehead atoms. The Morgan fingerprint density at radius 3 is 2.30 bits per heavy atom. The van der Waals surface area contributed by atoms with E-state index in [0.29, 0.717) is 5.56 Å². The zero-order chi connectivity index (χ0) is 14.7. The molecule has 0 amide bonds. The lowest BCUT2D eigenvalue weighted by atomic mass is 10.1. The SMILES string of the molecule is O=C(O)C(Nc1ccccc1Br)c1ccc(Br)c(Br)c1. The molecule has 0 saturated heterocycles. The van der Waals surface area contributed by atoms with Gasteiger partial charge in [0.05, 0.1) is 0 Å². The summed E-state index contributed by atoms with van der Waals surface area (Å²) in [6.45, 7) is 0. The minimum absolute atomic E-state index is 0.670. The molecule has 2 N–H and O–H groups in total. The third-order valence-electron chi connectivity index (χ3n) is 2.70. The molecule has 20 heavy (non-hydrogen) atoms. The maximum Gasteiger partial charge on any atom is 0.330 e. The van der Waals surface area contributed by atoms with E-state index in [9.17, 15) is 9.90 Å². The van der Waals surface area contributed by atoms with Gasteiger partial charge in [-0.05, 0) is 77.6 Å². The first-order chi connectivity index (χ1) is 9.49. The van der Waals surface area contributed by atoms with Crippen LogP contribution in [0.2, 0.25) is 0 Å². The summed E-state index contributed by atoms with van der Waals surface area (Å²) in [5.41, 5.74) is 1.40. The summed E-state index contributed by atoms with van der Waals surface area (Å²) in [6.07, 6.45) is 0. The summed E-state index contributed by atoms with van der Waals surface area (Å²) in [6, 6.07) is 12.0. The first kappa shape index (κ1) is 15.5. The number of carboxylic acids is 1. The van der Waals surface area contributed by atoms with E-state index in [1.54, 1.807) is 12.1 Å². The van der Waals surface area contributed by atoms with Gasteiger partial charge in [-0.3, -0.25) is 0 Å². The van der Waals surface area contributed by atoms with Gasteiger partial charge in [0, 0.05) is 19.1 Å². The number of hydrogen-bond acceptors (Lipinski definition) is 2. The molecular weight excluding hydrogens is 454 g/mol. The molecule has 0 aliphatic carbocycles. The van der Waals surface area contributed by atoms with Crippen molar-refractivity contribution in [1.82, 2.24) is 0 Å². The Balaban J connectivity index is 2.34. The lowest BCUT2D eigenvalue weighted by Crippen LogP contribution is -2.20. The zero-order valence-corrected chi connectivity index (χ0v) is 14.9. The van der Waals surface area contributed by atoms with Crippen molar-refractivity contribution in [3.05, 3.63) is 61.4 Å². The van der Waals surface area contributed by atoms with Crippen molar-refractivity contribution < 1.29 is 9.90 Å². The van der Waals surface area contributed by atoms with Crippen LogP contribution in [0.4, 0.5) is 5.69 Å². The van der Waals surface area contributed by atoms with Crippen LogP contribution in [0.15, 0.2) is 55.9 Å². The van der Waals surface area contributed by atoms with Gasteiger partial charge in [0.25, 0.3) is 0 Å². The van der Waals surface area contributed by atoms with E-state index >= 15 is 0 Å². The van der Waals surface area contributed by atoms with Crippen LogP contribution >= 0.6 is 47.8 Å². The van der Waals surface area contributed by atoms with Crippen LogP contribution in [-0.2, 0) is 4.79 Å². The van der Waals surface area contributed by atoms with Gasteiger partial charge in [0.15, 0.2) is 6.04 Å². The van der Waals surface area contributed by atoms with E-state index in [4.69, 9.17) is 0 Å². The van der Waals surface area contributed by atoms with Crippen molar-refractivity contribution in [3.8, 4) is 0 Å². The topological polar surface area (TPSA) is 49.3 Å². The van der Waals surface area contributed by atoms with Crippen LogP contribution in [0.3, 0.4) is 0 Å². The monoisotopic (exact) mass is 461 g/mol. The first-order valence-corrected chi connectivity index (χ1v) is 8.06. The number of rotatable bonds is 4. The number of nitrogens with one attached hydrogen (secondary N) is 1. The maximum atomic E-state index is 11.5. The predicted octanol–water partition coefficient (Wildman–Crippen LogP) is 5.21. The molecule has 0 radical (unpaired) electrons. The van der Waals surface area contributed by atoms with E-state index < -0.39 is 12.0 Å². The van der Waals surface area contributed by atoms with E-state index in [1.165, 1.54) is 0 Å². The van der Waals surface area contributed by atoms with Gasteiger partial charge in [0.2, 0.25) is 0 Å². The lowest BCUT2D eigenvalue weighted by Gasteiger charge is -2.17. The number of anilines is 1. The number of aliphatic carboxylic acids is 1. The van der Waals surface area contributed by atoms with Crippen molar-refractivity contribution in [2.45, 2.75) is 6.04 Å². The summed E-state index contributed by atoms with van der Waals surface area (Å²) >= 11 is 10.2. The smallest absolute Gasteiger partial charge is 0.330 e. The number of para-hydroxylation sites is 1. The summed E-state index contributed by atoms with van der Waals surface area (Å²) in [7, 11) is 0. The summed E-state index contributed by atoms with van der Waals surface area (Å²) < 4.78 is 2.52. The summed E-state index contributed by atoms with van der Waals surface area (Å²) in [4.78, 5) is 11.5. The average molecular weight is 464 g/mol. The Labute approximate surface area is 141 Å². The Morgan fingerprint density at radius 2 is 1.70 bits per heavy atom. The van der Waals surface area contributed by atoms with Crippen molar-refractivity contribution >= 4 is 59.4 Å². The van der Waals surface area contributed by atoms with E-state index in [2.05, 4.69) is 53.1 Å². The molecule has 6 heteroatoms. The second-order valence-electron chi connectivity index (χ2n) is 4.07. The summed E-state index contributed by atoms with van der Waals surface area (Å²) in [5.74, 6) is -0.935. The molecule has 0 heterocycles. The molecule has 1 unspecified atom stereocenters. The number of benzene rings is 2. The highest BCUT2D eigenvalue weighted by Gasteiger charge is 2.21. The Bertz CT molecular complexity index is 646. The van der Waals surface area contributed by atoms with Crippen LogP contribution in [0.1, 0.15) is 11.6 Å². The molecule has 0 fully saturated rings. The second-order valence-corrected chi connectivity index (χ2v) is 6.63. The molecule has 2 rings (SSSR count). The van der Waals surface area contributed by atoms with Crippen molar-refractivity contribution in [2.24, 2.45) is 0 Å². The highest BCUT2D eigenvalue weighted by molar-refractivity contribution is 9.13. The molecule has 0 saturated carbocycles. The molecule has 104 valence electrons. The van der Waals surface area contributed by atoms with Gasteiger partial charge < -0.3 is 10.4 Å². The fraction of sp³-hybridized carbons (Fsp3) is 0.0714. The van der Waals surface area contributed by atoms with Gasteiger partial charge in [-0.25, -0.2) is 4.79 Å². The fourth-order valence-corrected chi connectivity index (χ4v) is 2.76. The van der Waals surface area contributed by atoms with Crippen LogP contribution in [0, 0.1) is 0 Å². The first-order valence-electron chi connectivity index (χ1n) is 5.68. The molecule has 2 aromatic rings. The Hall–Kier alpha value is -0.850. The van der Waals surface area contributed by atoms with Crippen molar-refractivity contribution in [2.75, 3.05) is 5.32 Å². The molecule has 0 spiro atoms. The molecular formula is C14H10Br3NO2. The fourth-order valence-electron chi connectivity index (χ4n) is 1.71. The number of carbonyl (C=O) groups is 1. The third-order valence-corrected chi connectivity index (χ3v) is 5.27. The number of carboxylic acid groups (broad SMARTS) is 1. The van der Waals surface area contributed by atoms with E-state index in [-0.39, 0.29) is 0 Å². The van der Waals surface area contributed by atoms with Crippen LogP contribution in [0.5, 0.6) is 0 Å². The average Bonchev–Trinajstić information content (AvgIpc) is 2.41. The quantitative estimate of drug-likeness (QED) is 0.654. The normalized spacial score (nSPS) is 11.9. The Morgan fingerprint density at radius 1 is 1.00 bits per heavy atom. The second kappa shape index (κ2) is 6.74. The minimum atomic E-state index is -0.935. The largest absolute Gasteiger partial charge is 0.479 e. The van der Waals surface area contributed by atoms with Crippen LogP contribution in [-0.4, -0.2) is 11.1 Å². The minimum Gasteiger partial charge on any atom is -0.479 e. The van der Waals surface area contributed by atoms with E-state index in [1.807, 2.05) is 30.3 Å². The molecule has 0 aromatic heterocycles. The van der Waals surface area contributed by atoms with Gasteiger partial charge in [-0.2, -0.15) is 0 Å². The number of hydrogen-bond donors (Lipinski definition) is 2. The van der Waals surface area contributed by atoms with Gasteiger partial charge in [-0.15, -0.1) is 0 Å². The van der Waals surface area contributed by atoms with Gasteiger partial charge in [0.1, 0.15) is 0 Å². The zero-order valence-electron chi connectivity index (χ0n) is 10.1. The van der Waals surface area contributed by atoms with Crippen molar-refractivity contribution in [3.63, 3.8) is 0 Å². The molecule has 0 aliphatic rings. The molecule has 1 atom stereocenters. The van der Waals surface area contributed by atoms with E-state index in [0.717, 1.165) is 19.1 Å². The highest BCUT2D eigenvalue weighted by atomic mass is 79.9. The molecule has 0 aliphatic heterocycles. The van der Waals surface area contributed by atoms with Crippen LogP contribution < -0.4 is 5.32 Å². The summed E-state index contributed by atoms with van der Waals surface area (Å²) in [5, 5.41) is 12.5. The number of halogens is 3. The molecule has 3 nitrogen and oxygen atoms in total. The predicted molar refractivity (Wildman–Crippen MR) is 90.0 cm³/mol. The van der Waals surface area contributed by atoms with Crippen LogP contribution in [0.25, 0.3) is 0 Å². The van der Waals surface area contributed by atoms with Crippen molar-refractivity contribution in [1.29, 1.82) is 0 Å². The highest BCUT2D eigenvalue weighted by Crippen LogP contribution is 2.30. The standard InChI is InChI=1S/C14H10Br3NO2/c15-9-6-5-8(7-11(9)17)13(14(19)20)18-12-4-2-1-3-10(12)16/h1-7,13,18H,(H,19,20).